The summed E-state index contributed by atoms with van der Waals surface area (Å²) in [6.45, 7) is 2.66. The molecule has 112 valence electrons. The molecule has 1 aromatic rings. The summed E-state index contributed by atoms with van der Waals surface area (Å²) in [6, 6.07) is 0.231. The smallest absolute Gasteiger partial charge is 0.315 e. The fourth-order valence-electron chi connectivity index (χ4n) is 2.63. The van der Waals surface area contributed by atoms with Gasteiger partial charge in [0.2, 0.25) is 0 Å². The highest BCUT2D eigenvalue weighted by Crippen LogP contribution is 2.28. The van der Waals surface area contributed by atoms with Crippen LogP contribution in [0.3, 0.4) is 0 Å². The summed E-state index contributed by atoms with van der Waals surface area (Å²) in [5.41, 5.74) is 0. The number of carbonyl (C=O) groups is 1. The third kappa shape index (κ3) is 4.44. The Balaban J connectivity index is 1.72. The Hall–Kier alpha value is -1.17. The number of nitrogens with one attached hydrogen (secondary N) is 2. The molecule has 1 aliphatic rings. The molecule has 2 amide bonds. The monoisotopic (exact) mass is 296 g/mol. The number of amides is 2. The van der Waals surface area contributed by atoms with E-state index in [9.17, 15) is 4.79 Å². The van der Waals surface area contributed by atoms with Crippen LogP contribution < -0.4 is 10.6 Å². The Morgan fingerprint density at radius 2 is 2.40 bits per heavy atom. The zero-order valence-electron chi connectivity index (χ0n) is 12.3. The van der Waals surface area contributed by atoms with E-state index in [1.54, 1.807) is 6.20 Å². The lowest BCUT2D eigenvalue weighted by molar-refractivity contribution is 0.232. The molecule has 0 unspecified atom stereocenters. The van der Waals surface area contributed by atoms with Crippen molar-refractivity contribution in [2.24, 2.45) is 7.05 Å². The van der Waals surface area contributed by atoms with E-state index in [2.05, 4.69) is 22.5 Å². The molecule has 1 fully saturated rings. The van der Waals surface area contributed by atoms with Crippen molar-refractivity contribution in [1.82, 2.24) is 20.2 Å². The van der Waals surface area contributed by atoms with Gasteiger partial charge >= 0.3 is 6.03 Å². The van der Waals surface area contributed by atoms with Gasteiger partial charge in [-0.05, 0) is 25.0 Å². The predicted molar refractivity (Wildman–Crippen MR) is 82.8 cm³/mol. The van der Waals surface area contributed by atoms with Crippen LogP contribution in [0, 0.1) is 0 Å². The van der Waals surface area contributed by atoms with Crippen molar-refractivity contribution in [3.05, 3.63) is 18.2 Å². The molecule has 5 nitrogen and oxygen atoms in total. The molecule has 0 radical (unpaired) electrons. The molecule has 0 saturated heterocycles. The van der Waals surface area contributed by atoms with Crippen molar-refractivity contribution in [2.75, 3.05) is 5.75 Å². The number of imidazole rings is 1. The van der Waals surface area contributed by atoms with Gasteiger partial charge in [-0.25, -0.2) is 9.78 Å². The minimum Gasteiger partial charge on any atom is -0.337 e. The SMILES string of the molecule is CCS[C@@H]1CCC[C@H](NC(=O)NCc2nccn2C)C1. The van der Waals surface area contributed by atoms with Crippen molar-refractivity contribution in [2.45, 2.75) is 50.4 Å². The Bertz CT molecular complexity index is 433. The van der Waals surface area contributed by atoms with Gasteiger partial charge < -0.3 is 15.2 Å². The largest absolute Gasteiger partial charge is 0.337 e. The second kappa shape index (κ2) is 7.57. The Morgan fingerprint density at radius 3 is 3.10 bits per heavy atom. The van der Waals surface area contributed by atoms with Gasteiger partial charge in [0.25, 0.3) is 0 Å². The average molecular weight is 296 g/mol. The van der Waals surface area contributed by atoms with E-state index in [1.165, 1.54) is 12.8 Å². The van der Waals surface area contributed by atoms with E-state index in [-0.39, 0.29) is 6.03 Å². The molecule has 1 heterocycles. The van der Waals surface area contributed by atoms with Gasteiger partial charge in [-0.1, -0.05) is 13.3 Å². The molecule has 1 aliphatic carbocycles. The van der Waals surface area contributed by atoms with Gasteiger partial charge in [0.05, 0.1) is 6.54 Å². The second-order valence-corrected chi connectivity index (χ2v) is 6.80. The van der Waals surface area contributed by atoms with Crippen molar-refractivity contribution < 1.29 is 4.79 Å². The normalized spacial score (nSPS) is 22.5. The quantitative estimate of drug-likeness (QED) is 0.876. The summed E-state index contributed by atoms with van der Waals surface area (Å²) in [7, 11) is 1.93. The lowest BCUT2D eigenvalue weighted by Crippen LogP contribution is -2.44. The average Bonchev–Trinajstić information content (AvgIpc) is 2.83. The first-order valence-electron chi connectivity index (χ1n) is 7.31. The molecule has 1 aromatic heterocycles. The van der Waals surface area contributed by atoms with Gasteiger partial charge in [-0.15, -0.1) is 0 Å². The number of urea groups is 1. The van der Waals surface area contributed by atoms with Gasteiger partial charge in [0.15, 0.2) is 0 Å². The molecular formula is C14H24N4OS. The zero-order chi connectivity index (χ0) is 14.4. The summed E-state index contributed by atoms with van der Waals surface area (Å²) < 4.78 is 1.91. The van der Waals surface area contributed by atoms with Gasteiger partial charge in [0.1, 0.15) is 5.82 Å². The van der Waals surface area contributed by atoms with Gasteiger partial charge in [0, 0.05) is 30.7 Å². The Kier molecular flexibility index (Phi) is 5.76. The molecule has 2 N–H and O–H groups in total. The minimum absolute atomic E-state index is 0.0832. The van der Waals surface area contributed by atoms with E-state index in [0.29, 0.717) is 17.8 Å². The maximum atomic E-state index is 11.9. The number of carbonyl (C=O) groups excluding carboxylic acids is 1. The highest BCUT2D eigenvalue weighted by molar-refractivity contribution is 7.99. The first-order chi connectivity index (χ1) is 9.69. The minimum atomic E-state index is -0.0832. The summed E-state index contributed by atoms with van der Waals surface area (Å²) in [5.74, 6) is 2.02. The van der Waals surface area contributed by atoms with Crippen LogP contribution in [0.2, 0.25) is 0 Å². The molecule has 0 bridgehead atoms. The van der Waals surface area contributed by atoms with Gasteiger partial charge in [-0.2, -0.15) is 11.8 Å². The zero-order valence-corrected chi connectivity index (χ0v) is 13.1. The van der Waals surface area contributed by atoms with E-state index >= 15 is 0 Å². The van der Waals surface area contributed by atoms with E-state index in [1.807, 2.05) is 29.6 Å². The third-order valence-corrected chi connectivity index (χ3v) is 4.92. The standard InChI is InChI=1S/C14H24N4OS/c1-3-20-12-6-4-5-11(9-12)17-14(19)16-10-13-15-7-8-18(13)2/h7-8,11-12H,3-6,9-10H2,1-2H3,(H2,16,17,19)/t11-,12+/m0/s1. The molecule has 1 saturated carbocycles. The Labute approximate surface area is 124 Å². The lowest BCUT2D eigenvalue weighted by atomic mass is 9.95. The molecular weight excluding hydrogens is 272 g/mol. The molecule has 6 heteroatoms. The summed E-state index contributed by atoms with van der Waals surface area (Å²) >= 11 is 2.01. The van der Waals surface area contributed by atoms with Crippen molar-refractivity contribution >= 4 is 17.8 Å². The van der Waals surface area contributed by atoms with E-state index in [0.717, 1.165) is 24.4 Å². The predicted octanol–water partition coefficient (Wildman–Crippen LogP) is 2.28. The van der Waals surface area contributed by atoms with Crippen LogP contribution in [0.15, 0.2) is 12.4 Å². The topological polar surface area (TPSA) is 59.0 Å². The highest BCUT2D eigenvalue weighted by atomic mass is 32.2. The molecule has 0 aliphatic heterocycles. The first-order valence-corrected chi connectivity index (χ1v) is 8.36. The fourth-order valence-corrected chi connectivity index (χ4v) is 3.80. The van der Waals surface area contributed by atoms with Crippen molar-refractivity contribution in [1.29, 1.82) is 0 Å². The molecule has 2 atom stereocenters. The fraction of sp³-hybridized carbons (Fsp3) is 0.714. The number of rotatable bonds is 5. The number of hydrogen-bond acceptors (Lipinski definition) is 3. The molecule has 2 rings (SSSR count). The number of thioether (sulfide) groups is 1. The van der Waals surface area contributed by atoms with Crippen LogP contribution >= 0.6 is 11.8 Å². The summed E-state index contributed by atoms with van der Waals surface area (Å²) in [5, 5.41) is 6.67. The molecule has 0 spiro atoms. The van der Waals surface area contributed by atoms with Crippen LogP contribution in [0.4, 0.5) is 4.79 Å². The van der Waals surface area contributed by atoms with Crippen LogP contribution in [0.1, 0.15) is 38.4 Å². The van der Waals surface area contributed by atoms with Crippen LogP contribution in [0.5, 0.6) is 0 Å². The number of hydrogen-bond donors (Lipinski definition) is 2. The van der Waals surface area contributed by atoms with E-state index < -0.39 is 0 Å². The van der Waals surface area contributed by atoms with Gasteiger partial charge in [-0.3, -0.25) is 0 Å². The van der Waals surface area contributed by atoms with Crippen molar-refractivity contribution in [3.8, 4) is 0 Å². The number of nitrogens with zero attached hydrogens (tertiary/aromatic N) is 2. The Morgan fingerprint density at radius 1 is 1.55 bits per heavy atom. The van der Waals surface area contributed by atoms with E-state index in [4.69, 9.17) is 0 Å². The number of aromatic nitrogens is 2. The van der Waals surface area contributed by atoms with Crippen LogP contribution in [0.25, 0.3) is 0 Å². The third-order valence-electron chi connectivity index (χ3n) is 3.69. The van der Waals surface area contributed by atoms with Crippen LogP contribution in [-0.2, 0) is 13.6 Å². The maximum absolute atomic E-state index is 11.9. The van der Waals surface area contributed by atoms with Crippen LogP contribution in [-0.4, -0.2) is 32.6 Å². The summed E-state index contributed by atoms with van der Waals surface area (Å²) in [6.07, 6.45) is 8.30. The maximum Gasteiger partial charge on any atom is 0.315 e. The number of aryl methyl sites for hydroxylation is 1. The van der Waals surface area contributed by atoms with Crippen molar-refractivity contribution in [3.63, 3.8) is 0 Å². The highest BCUT2D eigenvalue weighted by Gasteiger charge is 2.23. The second-order valence-electron chi connectivity index (χ2n) is 5.22. The molecule has 0 aromatic carbocycles. The lowest BCUT2D eigenvalue weighted by Gasteiger charge is -2.29. The first kappa shape index (κ1) is 15.2. The summed E-state index contributed by atoms with van der Waals surface area (Å²) in [4.78, 5) is 16.1. The molecule has 20 heavy (non-hydrogen) atoms.